The number of nitrogens with one attached hydrogen (secondary N) is 2. The molecule has 8 heteroatoms. The number of hydrogen-bond donors (Lipinski definition) is 5. The molecule has 8 nitrogen and oxygen atoms in total. The van der Waals surface area contributed by atoms with Crippen molar-refractivity contribution in [3.63, 3.8) is 0 Å². The van der Waals surface area contributed by atoms with Gasteiger partial charge in [0.1, 0.15) is 6.04 Å². The first-order chi connectivity index (χ1) is 8.83. The summed E-state index contributed by atoms with van der Waals surface area (Å²) < 4.78 is 0. The molecule has 0 aliphatic carbocycles. The number of nitrogens with two attached hydrogens (primary N) is 3. The maximum Gasteiger partial charge on any atom is 0.239 e. The van der Waals surface area contributed by atoms with Crippen molar-refractivity contribution in [3.8, 4) is 0 Å². The van der Waals surface area contributed by atoms with E-state index in [0.29, 0.717) is 6.42 Å². The molecular formula is C11H23N5O3. The largest absolute Gasteiger partial charge is 0.353 e. The molecule has 0 aliphatic rings. The van der Waals surface area contributed by atoms with Crippen LogP contribution in [0.2, 0.25) is 0 Å². The molecule has 0 aromatic heterocycles. The van der Waals surface area contributed by atoms with Crippen molar-refractivity contribution in [2.45, 2.75) is 38.4 Å². The standard InChI is InChI=1S/C11H23N5O3/c1-3-9(6(2)17)16-11(19)8(14)5-15-10(18)7(13)4-12/h7-9H,3-5,12-14H2,1-2H3,(H,15,18)(H,16,19). The van der Waals surface area contributed by atoms with Crippen LogP contribution >= 0.6 is 0 Å². The summed E-state index contributed by atoms with van der Waals surface area (Å²) in [6.45, 7) is 3.12. The van der Waals surface area contributed by atoms with Crippen LogP contribution < -0.4 is 27.8 Å². The van der Waals surface area contributed by atoms with Crippen molar-refractivity contribution in [2.24, 2.45) is 17.2 Å². The van der Waals surface area contributed by atoms with E-state index in [2.05, 4.69) is 10.6 Å². The minimum absolute atomic E-state index is 0.00944. The highest BCUT2D eigenvalue weighted by Crippen LogP contribution is 1.93. The molecule has 0 saturated carbocycles. The molecule has 2 amide bonds. The molecule has 19 heavy (non-hydrogen) atoms. The quantitative estimate of drug-likeness (QED) is 0.322. The van der Waals surface area contributed by atoms with Crippen molar-refractivity contribution in [1.82, 2.24) is 10.6 Å². The Morgan fingerprint density at radius 1 is 1.11 bits per heavy atom. The topological polar surface area (TPSA) is 153 Å². The summed E-state index contributed by atoms with van der Waals surface area (Å²) in [4.78, 5) is 34.2. The second kappa shape index (κ2) is 8.57. The summed E-state index contributed by atoms with van der Waals surface area (Å²) in [6.07, 6.45) is 0.484. The average molecular weight is 273 g/mol. The Kier molecular flexibility index (Phi) is 7.89. The van der Waals surface area contributed by atoms with E-state index in [9.17, 15) is 14.4 Å². The fraction of sp³-hybridized carbons (Fsp3) is 0.727. The van der Waals surface area contributed by atoms with Gasteiger partial charge in [0.2, 0.25) is 11.8 Å². The van der Waals surface area contributed by atoms with Gasteiger partial charge in [0.25, 0.3) is 0 Å². The van der Waals surface area contributed by atoms with Crippen molar-refractivity contribution < 1.29 is 14.4 Å². The first-order valence-electron chi connectivity index (χ1n) is 6.13. The second-order valence-corrected chi connectivity index (χ2v) is 4.27. The van der Waals surface area contributed by atoms with Gasteiger partial charge in [-0.05, 0) is 13.3 Å². The lowest BCUT2D eigenvalue weighted by Crippen LogP contribution is -2.54. The zero-order valence-corrected chi connectivity index (χ0v) is 11.3. The van der Waals surface area contributed by atoms with E-state index in [0.717, 1.165) is 0 Å². The number of carbonyl (C=O) groups is 3. The third kappa shape index (κ3) is 6.27. The Hall–Kier alpha value is -1.51. The lowest BCUT2D eigenvalue weighted by molar-refractivity contribution is -0.128. The number of ketones is 1. The van der Waals surface area contributed by atoms with Gasteiger partial charge in [-0.2, -0.15) is 0 Å². The Morgan fingerprint density at radius 3 is 2.11 bits per heavy atom. The fourth-order valence-electron chi connectivity index (χ4n) is 1.31. The van der Waals surface area contributed by atoms with Gasteiger partial charge in [-0.25, -0.2) is 0 Å². The molecule has 0 rings (SSSR count). The van der Waals surface area contributed by atoms with E-state index >= 15 is 0 Å². The summed E-state index contributed by atoms with van der Waals surface area (Å²) in [6, 6.07) is -2.32. The average Bonchev–Trinajstić information content (AvgIpc) is 2.39. The molecule has 110 valence electrons. The van der Waals surface area contributed by atoms with E-state index in [1.54, 1.807) is 6.92 Å². The van der Waals surface area contributed by atoms with Gasteiger partial charge in [0.05, 0.1) is 12.1 Å². The zero-order chi connectivity index (χ0) is 15.0. The molecular weight excluding hydrogens is 250 g/mol. The molecule has 3 unspecified atom stereocenters. The van der Waals surface area contributed by atoms with Crippen LogP contribution in [-0.4, -0.2) is 48.8 Å². The Morgan fingerprint density at radius 2 is 1.68 bits per heavy atom. The molecule has 0 radical (unpaired) electrons. The lowest BCUT2D eigenvalue weighted by atomic mass is 10.1. The van der Waals surface area contributed by atoms with Crippen LogP contribution in [0.15, 0.2) is 0 Å². The number of rotatable bonds is 8. The number of Topliss-reactive ketones (excluding diaryl/α,β-unsaturated/α-hetero) is 1. The maximum atomic E-state index is 11.7. The minimum Gasteiger partial charge on any atom is -0.353 e. The smallest absolute Gasteiger partial charge is 0.239 e. The number of amides is 2. The van der Waals surface area contributed by atoms with Crippen LogP contribution in [0.4, 0.5) is 0 Å². The Labute approximate surface area is 112 Å². The normalized spacial score (nSPS) is 15.2. The van der Waals surface area contributed by atoms with Gasteiger partial charge in [-0.3, -0.25) is 14.4 Å². The van der Waals surface area contributed by atoms with Crippen molar-refractivity contribution in [3.05, 3.63) is 0 Å². The van der Waals surface area contributed by atoms with Crippen LogP contribution in [-0.2, 0) is 14.4 Å². The predicted octanol–water partition coefficient (Wildman–Crippen LogP) is -2.80. The SMILES string of the molecule is CCC(NC(=O)C(N)CNC(=O)C(N)CN)C(C)=O. The first-order valence-corrected chi connectivity index (χ1v) is 6.13. The number of carbonyl (C=O) groups excluding carboxylic acids is 3. The van der Waals surface area contributed by atoms with Crippen LogP contribution in [0.5, 0.6) is 0 Å². The molecule has 0 bridgehead atoms. The summed E-state index contributed by atoms with van der Waals surface area (Å²) in [7, 11) is 0. The summed E-state index contributed by atoms with van der Waals surface area (Å²) in [5, 5.41) is 4.93. The van der Waals surface area contributed by atoms with Crippen LogP contribution in [0.3, 0.4) is 0 Å². The highest BCUT2D eigenvalue weighted by atomic mass is 16.2. The highest BCUT2D eigenvalue weighted by molar-refractivity contribution is 5.90. The summed E-state index contributed by atoms with van der Waals surface area (Å²) in [5.41, 5.74) is 16.2. The molecule has 0 heterocycles. The van der Waals surface area contributed by atoms with Gasteiger partial charge < -0.3 is 27.8 Å². The monoisotopic (exact) mass is 273 g/mol. The van der Waals surface area contributed by atoms with E-state index < -0.39 is 29.9 Å². The minimum atomic E-state index is -0.942. The van der Waals surface area contributed by atoms with Crippen LogP contribution in [0.25, 0.3) is 0 Å². The molecule has 3 atom stereocenters. The Balaban J connectivity index is 4.20. The zero-order valence-electron chi connectivity index (χ0n) is 11.3. The molecule has 0 aromatic rings. The summed E-state index contributed by atoms with van der Waals surface area (Å²) >= 11 is 0. The molecule has 0 aliphatic heterocycles. The van der Waals surface area contributed by atoms with Gasteiger partial charge in [0.15, 0.2) is 5.78 Å². The third-order valence-corrected chi connectivity index (χ3v) is 2.64. The van der Waals surface area contributed by atoms with Crippen LogP contribution in [0.1, 0.15) is 20.3 Å². The molecule has 0 aromatic carbocycles. The number of hydrogen-bond acceptors (Lipinski definition) is 6. The highest BCUT2D eigenvalue weighted by Gasteiger charge is 2.21. The van der Waals surface area contributed by atoms with Gasteiger partial charge in [-0.1, -0.05) is 6.92 Å². The van der Waals surface area contributed by atoms with E-state index in [1.165, 1.54) is 6.92 Å². The van der Waals surface area contributed by atoms with Crippen molar-refractivity contribution in [1.29, 1.82) is 0 Å². The van der Waals surface area contributed by atoms with Gasteiger partial charge >= 0.3 is 0 Å². The molecule has 8 N–H and O–H groups in total. The first kappa shape index (κ1) is 17.5. The lowest BCUT2D eigenvalue weighted by Gasteiger charge is -2.18. The van der Waals surface area contributed by atoms with Gasteiger partial charge in [0, 0.05) is 13.1 Å². The van der Waals surface area contributed by atoms with E-state index in [-0.39, 0.29) is 18.9 Å². The Bertz CT molecular complexity index is 334. The maximum absolute atomic E-state index is 11.7. The van der Waals surface area contributed by atoms with Crippen molar-refractivity contribution >= 4 is 17.6 Å². The fourth-order valence-corrected chi connectivity index (χ4v) is 1.31. The molecule has 0 fully saturated rings. The van der Waals surface area contributed by atoms with Gasteiger partial charge in [-0.15, -0.1) is 0 Å². The molecule has 0 saturated heterocycles. The predicted molar refractivity (Wildman–Crippen MR) is 70.9 cm³/mol. The molecule has 0 spiro atoms. The third-order valence-electron chi connectivity index (χ3n) is 2.64. The van der Waals surface area contributed by atoms with E-state index in [1.807, 2.05) is 0 Å². The second-order valence-electron chi connectivity index (χ2n) is 4.27. The summed E-state index contributed by atoms with van der Waals surface area (Å²) in [5.74, 6) is -1.11. The van der Waals surface area contributed by atoms with Crippen molar-refractivity contribution in [2.75, 3.05) is 13.1 Å². The van der Waals surface area contributed by atoms with E-state index in [4.69, 9.17) is 17.2 Å². The van der Waals surface area contributed by atoms with Crippen LogP contribution in [0, 0.1) is 0 Å².